The predicted molar refractivity (Wildman–Crippen MR) is 103 cm³/mol. The molecule has 2 rings (SSSR count). The van der Waals surface area contributed by atoms with E-state index < -0.39 is 0 Å². The summed E-state index contributed by atoms with van der Waals surface area (Å²) in [5.74, 6) is -0.181. The number of thiazole rings is 1. The Kier molecular flexibility index (Phi) is 10.8. The Labute approximate surface area is 161 Å². The van der Waals surface area contributed by atoms with Crippen molar-refractivity contribution in [2.75, 3.05) is 13.1 Å². The first-order valence-electron chi connectivity index (χ1n) is 6.51. The number of nitrogens with one attached hydrogen (secondary N) is 1. The van der Waals surface area contributed by atoms with Crippen LogP contribution in [0.25, 0.3) is 10.6 Å². The summed E-state index contributed by atoms with van der Waals surface area (Å²) in [6.07, 6.45) is 1.76. The fourth-order valence-corrected chi connectivity index (χ4v) is 3.12. The number of unbranched alkanes of at least 4 members (excludes halogenated alkanes) is 1. The van der Waals surface area contributed by atoms with Crippen LogP contribution in [0.5, 0.6) is 0 Å². The van der Waals surface area contributed by atoms with Crippen LogP contribution < -0.4 is 11.1 Å². The number of carbonyl (C=O) groups is 1. The molecule has 0 fully saturated rings. The molecule has 0 aliphatic carbocycles. The molecule has 0 bridgehead atoms. The molecule has 4 nitrogen and oxygen atoms in total. The molecular formula is C14H17Cl4N3OS. The number of aromatic nitrogens is 1. The molecule has 1 amide bonds. The van der Waals surface area contributed by atoms with Gasteiger partial charge in [-0.1, -0.05) is 23.2 Å². The van der Waals surface area contributed by atoms with Crippen LogP contribution >= 0.6 is 59.4 Å². The van der Waals surface area contributed by atoms with E-state index in [1.807, 2.05) is 0 Å². The third-order valence-corrected chi connectivity index (χ3v) is 4.24. The molecule has 0 spiro atoms. The van der Waals surface area contributed by atoms with E-state index in [-0.39, 0.29) is 30.7 Å². The van der Waals surface area contributed by atoms with Crippen molar-refractivity contribution >= 4 is 65.3 Å². The number of carbonyl (C=O) groups excluding carboxylic acids is 1. The van der Waals surface area contributed by atoms with E-state index in [1.54, 1.807) is 23.6 Å². The van der Waals surface area contributed by atoms with E-state index >= 15 is 0 Å². The standard InChI is InChI=1S/C14H15Cl2N3OS.2ClH/c15-9-3-4-10(11(16)7-9)14-19-12(8-21-14)13(20)18-6-2-1-5-17;;/h3-4,7-8H,1-2,5-6,17H2,(H,18,20);2*1H. The number of hydrogen-bond acceptors (Lipinski definition) is 4. The van der Waals surface area contributed by atoms with E-state index in [0.29, 0.717) is 33.8 Å². The van der Waals surface area contributed by atoms with Gasteiger partial charge in [-0.25, -0.2) is 4.98 Å². The minimum atomic E-state index is -0.181. The molecule has 1 heterocycles. The number of rotatable bonds is 6. The fraction of sp³-hybridized carbons (Fsp3) is 0.286. The maximum atomic E-state index is 11.9. The van der Waals surface area contributed by atoms with Crippen LogP contribution in [0.3, 0.4) is 0 Å². The highest BCUT2D eigenvalue weighted by atomic mass is 35.5. The number of benzene rings is 1. The highest BCUT2D eigenvalue weighted by Crippen LogP contribution is 2.32. The summed E-state index contributed by atoms with van der Waals surface area (Å²) in [5.41, 5.74) is 6.57. The minimum Gasteiger partial charge on any atom is -0.351 e. The fourth-order valence-electron chi connectivity index (χ4n) is 1.73. The van der Waals surface area contributed by atoms with Gasteiger partial charge in [0.15, 0.2) is 0 Å². The van der Waals surface area contributed by atoms with Crippen LogP contribution in [0.2, 0.25) is 10.0 Å². The minimum absolute atomic E-state index is 0. The first-order chi connectivity index (χ1) is 10.1. The van der Waals surface area contributed by atoms with Gasteiger partial charge in [0, 0.05) is 22.5 Å². The molecule has 0 atom stereocenters. The van der Waals surface area contributed by atoms with Crippen molar-refractivity contribution in [1.82, 2.24) is 10.3 Å². The Balaban J connectivity index is 0.00000242. The smallest absolute Gasteiger partial charge is 0.270 e. The van der Waals surface area contributed by atoms with Crippen LogP contribution in [0.4, 0.5) is 0 Å². The highest BCUT2D eigenvalue weighted by molar-refractivity contribution is 7.13. The lowest BCUT2D eigenvalue weighted by Crippen LogP contribution is -2.25. The topological polar surface area (TPSA) is 68.0 Å². The molecule has 128 valence electrons. The van der Waals surface area contributed by atoms with Gasteiger partial charge in [0.25, 0.3) is 5.91 Å². The Bertz CT molecular complexity index is 636. The third-order valence-electron chi connectivity index (χ3n) is 2.81. The SMILES string of the molecule is Cl.Cl.NCCCCNC(=O)c1csc(-c2ccc(Cl)cc2Cl)n1. The zero-order valence-electron chi connectivity index (χ0n) is 12.1. The summed E-state index contributed by atoms with van der Waals surface area (Å²) in [5, 5.41) is 6.32. The van der Waals surface area contributed by atoms with Crippen LogP contribution in [0.15, 0.2) is 23.6 Å². The summed E-state index contributed by atoms with van der Waals surface area (Å²) < 4.78 is 0. The number of nitrogens with zero attached hydrogens (tertiary/aromatic N) is 1. The average Bonchev–Trinajstić information content (AvgIpc) is 2.93. The normalized spacial score (nSPS) is 9.70. The van der Waals surface area contributed by atoms with Gasteiger partial charge in [0.1, 0.15) is 10.7 Å². The van der Waals surface area contributed by atoms with E-state index in [2.05, 4.69) is 10.3 Å². The molecule has 0 saturated carbocycles. The van der Waals surface area contributed by atoms with Crippen molar-refractivity contribution in [3.05, 3.63) is 39.3 Å². The molecule has 0 unspecified atom stereocenters. The van der Waals surface area contributed by atoms with Crippen LogP contribution in [-0.2, 0) is 0 Å². The molecule has 23 heavy (non-hydrogen) atoms. The van der Waals surface area contributed by atoms with E-state index in [9.17, 15) is 4.79 Å². The van der Waals surface area contributed by atoms with Gasteiger partial charge in [-0.05, 0) is 37.6 Å². The number of nitrogens with two attached hydrogens (primary N) is 1. The van der Waals surface area contributed by atoms with Crippen molar-refractivity contribution in [3.8, 4) is 10.6 Å². The van der Waals surface area contributed by atoms with Crippen LogP contribution in [0.1, 0.15) is 23.3 Å². The lowest BCUT2D eigenvalue weighted by atomic mass is 10.2. The van der Waals surface area contributed by atoms with Gasteiger partial charge in [0.2, 0.25) is 0 Å². The summed E-state index contributed by atoms with van der Waals surface area (Å²) in [6.45, 7) is 1.23. The second-order valence-electron chi connectivity index (χ2n) is 4.41. The largest absolute Gasteiger partial charge is 0.351 e. The molecule has 9 heteroatoms. The average molecular weight is 417 g/mol. The van der Waals surface area contributed by atoms with Crippen molar-refractivity contribution in [2.45, 2.75) is 12.8 Å². The predicted octanol–water partition coefficient (Wildman–Crippen LogP) is 4.43. The number of amides is 1. The van der Waals surface area contributed by atoms with E-state index in [1.165, 1.54) is 11.3 Å². The monoisotopic (exact) mass is 415 g/mol. The maximum absolute atomic E-state index is 11.9. The molecule has 0 radical (unpaired) electrons. The highest BCUT2D eigenvalue weighted by Gasteiger charge is 2.13. The molecule has 2 aromatic rings. The first kappa shape index (κ1) is 22.4. The number of hydrogen-bond donors (Lipinski definition) is 2. The van der Waals surface area contributed by atoms with Crippen LogP contribution in [0, 0.1) is 0 Å². The molecule has 3 N–H and O–H groups in total. The summed E-state index contributed by atoms with van der Waals surface area (Å²) in [7, 11) is 0. The second kappa shape index (κ2) is 11.1. The van der Waals surface area contributed by atoms with E-state index in [4.69, 9.17) is 28.9 Å². The lowest BCUT2D eigenvalue weighted by Gasteiger charge is -2.02. The zero-order chi connectivity index (χ0) is 15.2. The van der Waals surface area contributed by atoms with Crippen molar-refractivity contribution in [3.63, 3.8) is 0 Å². The van der Waals surface area contributed by atoms with Crippen molar-refractivity contribution in [1.29, 1.82) is 0 Å². The maximum Gasteiger partial charge on any atom is 0.270 e. The zero-order valence-corrected chi connectivity index (χ0v) is 16.0. The summed E-state index contributed by atoms with van der Waals surface area (Å²) in [4.78, 5) is 16.3. The molecule has 1 aromatic carbocycles. The quantitative estimate of drug-likeness (QED) is 0.684. The van der Waals surface area contributed by atoms with Gasteiger partial charge < -0.3 is 11.1 Å². The van der Waals surface area contributed by atoms with Crippen LogP contribution in [-0.4, -0.2) is 24.0 Å². The van der Waals surface area contributed by atoms with Gasteiger partial charge in [-0.15, -0.1) is 36.2 Å². The van der Waals surface area contributed by atoms with E-state index in [0.717, 1.165) is 18.4 Å². The first-order valence-corrected chi connectivity index (χ1v) is 8.14. The third kappa shape index (κ3) is 6.45. The Morgan fingerprint density at radius 1 is 1.26 bits per heavy atom. The Morgan fingerprint density at radius 3 is 2.65 bits per heavy atom. The molecule has 1 aromatic heterocycles. The van der Waals surface area contributed by atoms with Gasteiger partial charge in [0.05, 0.1) is 5.02 Å². The summed E-state index contributed by atoms with van der Waals surface area (Å²) in [6, 6.07) is 5.20. The Morgan fingerprint density at radius 2 is 2.00 bits per heavy atom. The molecule has 0 aliphatic rings. The number of halogens is 4. The van der Waals surface area contributed by atoms with Gasteiger partial charge in [-0.2, -0.15) is 0 Å². The van der Waals surface area contributed by atoms with Gasteiger partial charge >= 0.3 is 0 Å². The van der Waals surface area contributed by atoms with Crippen molar-refractivity contribution in [2.24, 2.45) is 5.73 Å². The summed E-state index contributed by atoms with van der Waals surface area (Å²) >= 11 is 13.4. The van der Waals surface area contributed by atoms with Gasteiger partial charge in [-0.3, -0.25) is 4.79 Å². The molecule has 0 aliphatic heterocycles. The lowest BCUT2D eigenvalue weighted by molar-refractivity contribution is 0.0949. The second-order valence-corrected chi connectivity index (χ2v) is 6.12. The Hall–Kier alpha value is -0.560. The molecular weight excluding hydrogens is 400 g/mol. The molecule has 0 saturated heterocycles. The van der Waals surface area contributed by atoms with Crippen molar-refractivity contribution < 1.29 is 4.79 Å².